The first kappa shape index (κ1) is 22.3. The van der Waals surface area contributed by atoms with Crippen LogP contribution in [0.1, 0.15) is 37.4 Å². The normalized spacial score (nSPS) is 23.0. The first-order valence-electron chi connectivity index (χ1n) is 10.5. The maximum absolute atomic E-state index is 12.2. The summed E-state index contributed by atoms with van der Waals surface area (Å²) < 4.78 is 0. The van der Waals surface area contributed by atoms with E-state index in [0.717, 1.165) is 52.8 Å². The van der Waals surface area contributed by atoms with E-state index >= 15 is 0 Å². The number of aliphatic hydroxyl groups is 1. The number of anilines is 2. The smallest absolute Gasteiger partial charge is 0.143 e. The van der Waals surface area contributed by atoms with Gasteiger partial charge in [0.25, 0.3) is 0 Å². The molecule has 0 radical (unpaired) electrons. The quantitative estimate of drug-likeness (QED) is 0.635. The molecule has 3 heterocycles. The van der Waals surface area contributed by atoms with Gasteiger partial charge < -0.3 is 21.5 Å². The Labute approximate surface area is 191 Å². The predicted molar refractivity (Wildman–Crippen MR) is 123 cm³/mol. The molecule has 1 aliphatic carbocycles. The number of nitrogen functional groups attached to an aromatic ring is 1. The van der Waals surface area contributed by atoms with Crippen molar-refractivity contribution in [2.24, 2.45) is 17.1 Å². The molecule has 7 nitrogen and oxygen atoms in total. The number of aliphatic hydroxyl groups excluding tert-OH is 1. The number of nitrogens with two attached hydrogens (primary N) is 2. The van der Waals surface area contributed by atoms with Crippen LogP contribution in [-0.4, -0.2) is 40.0 Å². The molecule has 2 aromatic heterocycles. The van der Waals surface area contributed by atoms with Crippen LogP contribution in [0, 0.1) is 18.3 Å². The molecular formula is C22H28ClN5O2S. The Bertz CT molecular complexity index is 1010. The minimum Gasteiger partial charge on any atom is -0.392 e. The van der Waals surface area contributed by atoms with E-state index in [1.165, 1.54) is 11.8 Å². The lowest BCUT2D eigenvalue weighted by molar-refractivity contribution is -0.120. The van der Waals surface area contributed by atoms with Crippen LogP contribution in [0.25, 0.3) is 0 Å². The van der Waals surface area contributed by atoms with Crippen molar-refractivity contribution in [3.63, 3.8) is 0 Å². The van der Waals surface area contributed by atoms with Gasteiger partial charge in [-0.05, 0) is 37.3 Å². The number of hydrogen-bond acceptors (Lipinski definition) is 8. The van der Waals surface area contributed by atoms with E-state index in [4.69, 9.17) is 28.1 Å². The molecule has 0 bridgehead atoms. The largest absolute Gasteiger partial charge is 0.392 e. The van der Waals surface area contributed by atoms with Gasteiger partial charge >= 0.3 is 0 Å². The van der Waals surface area contributed by atoms with Crippen molar-refractivity contribution < 1.29 is 9.90 Å². The molecule has 5 N–H and O–H groups in total. The third-order valence-corrected chi connectivity index (χ3v) is 8.54. The van der Waals surface area contributed by atoms with Crippen LogP contribution in [0.15, 0.2) is 28.1 Å². The molecule has 0 amide bonds. The molecular weight excluding hydrogens is 434 g/mol. The van der Waals surface area contributed by atoms with Gasteiger partial charge in [0.1, 0.15) is 17.4 Å². The van der Waals surface area contributed by atoms with Crippen molar-refractivity contribution in [1.82, 2.24) is 9.97 Å². The van der Waals surface area contributed by atoms with Gasteiger partial charge in [0.05, 0.1) is 17.3 Å². The molecule has 31 heavy (non-hydrogen) atoms. The number of piperidine rings is 1. The van der Waals surface area contributed by atoms with Gasteiger partial charge in [-0.25, -0.2) is 9.97 Å². The highest BCUT2D eigenvalue weighted by Gasteiger charge is 2.50. The Hall–Kier alpha value is -1.87. The highest BCUT2D eigenvalue weighted by molar-refractivity contribution is 7.99. The fourth-order valence-electron chi connectivity index (χ4n) is 4.78. The molecule has 2 aromatic rings. The standard InChI is InChI=1S/C22H28ClN5O2S/c1-12-15(30)10-22(19(12)24)4-7-28(8-5-22)21-14(11-29)9-17(13(2)27-21)31-16-3-6-26-20(25)18(16)23/h3,6,9,12,19,29H,4-5,7-8,10-11,24H2,1-2H3,(H2,25,26)/t12-,19+/m1/s1. The maximum Gasteiger partial charge on any atom is 0.143 e. The molecule has 0 unspecified atom stereocenters. The second-order valence-corrected chi connectivity index (χ2v) is 10.1. The summed E-state index contributed by atoms with van der Waals surface area (Å²) >= 11 is 7.75. The molecule has 2 fully saturated rings. The van der Waals surface area contributed by atoms with Gasteiger partial charge in [0.15, 0.2) is 0 Å². The summed E-state index contributed by atoms with van der Waals surface area (Å²) in [4.78, 5) is 25.0. The van der Waals surface area contributed by atoms with E-state index in [1.807, 2.05) is 26.0 Å². The lowest BCUT2D eigenvalue weighted by Crippen LogP contribution is -2.48. The Morgan fingerprint density at radius 1 is 1.35 bits per heavy atom. The number of rotatable bonds is 4. The van der Waals surface area contributed by atoms with E-state index < -0.39 is 0 Å². The first-order chi connectivity index (χ1) is 14.8. The second-order valence-electron chi connectivity index (χ2n) is 8.63. The first-order valence-corrected chi connectivity index (χ1v) is 11.7. The van der Waals surface area contributed by atoms with Crippen LogP contribution in [0.2, 0.25) is 5.02 Å². The fourth-order valence-corrected chi connectivity index (χ4v) is 5.96. The number of carbonyl (C=O) groups is 1. The Morgan fingerprint density at radius 2 is 2.06 bits per heavy atom. The Balaban J connectivity index is 1.56. The van der Waals surface area contributed by atoms with Crippen LogP contribution in [0.5, 0.6) is 0 Å². The molecule has 1 saturated heterocycles. The summed E-state index contributed by atoms with van der Waals surface area (Å²) in [5.74, 6) is 1.30. The topological polar surface area (TPSA) is 118 Å². The van der Waals surface area contributed by atoms with Gasteiger partial charge in [-0.15, -0.1) is 0 Å². The van der Waals surface area contributed by atoms with Crippen LogP contribution < -0.4 is 16.4 Å². The third-order valence-electron chi connectivity index (χ3n) is 6.83. The molecule has 1 aliphatic heterocycles. The molecule has 2 aliphatic rings. The second kappa shape index (κ2) is 8.58. The van der Waals surface area contributed by atoms with Crippen molar-refractivity contribution in [1.29, 1.82) is 0 Å². The van der Waals surface area contributed by atoms with Crippen LogP contribution in [0.3, 0.4) is 0 Å². The van der Waals surface area contributed by atoms with Gasteiger partial charge in [-0.3, -0.25) is 4.79 Å². The monoisotopic (exact) mass is 461 g/mol. The minimum absolute atomic E-state index is 0.0646. The number of pyridine rings is 2. The number of hydrogen-bond donors (Lipinski definition) is 3. The molecule has 2 atom stereocenters. The van der Waals surface area contributed by atoms with E-state index in [2.05, 4.69) is 9.88 Å². The number of carbonyl (C=O) groups excluding carboxylic acids is 1. The molecule has 9 heteroatoms. The summed E-state index contributed by atoms with van der Waals surface area (Å²) in [6.45, 7) is 5.32. The van der Waals surface area contributed by atoms with E-state index in [-0.39, 0.29) is 35.6 Å². The zero-order chi connectivity index (χ0) is 22.3. The molecule has 1 spiro atoms. The molecule has 0 aromatic carbocycles. The summed E-state index contributed by atoms with van der Waals surface area (Å²) in [5, 5.41) is 10.5. The lowest BCUT2D eigenvalue weighted by atomic mass is 9.73. The SMILES string of the molecule is Cc1nc(N2CCC3(CC2)CC(=O)[C@@H](C)[C@@H]3N)c(CO)cc1Sc1ccnc(N)c1Cl. The van der Waals surface area contributed by atoms with E-state index in [0.29, 0.717) is 11.4 Å². The summed E-state index contributed by atoms with van der Waals surface area (Å²) in [6, 6.07) is 3.70. The van der Waals surface area contributed by atoms with Crippen molar-refractivity contribution in [3.05, 3.63) is 34.6 Å². The predicted octanol–water partition coefficient (Wildman–Crippen LogP) is 3.19. The number of aromatic nitrogens is 2. The summed E-state index contributed by atoms with van der Waals surface area (Å²) in [6.07, 6.45) is 3.92. The lowest BCUT2D eigenvalue weighted by Gasteiger charge is -2.43. The zero-order valence-electron chi connectivity index (χ0n) is 17.8. The minimum atomic E-state index is -0.112. The Kier molecular flexibility index (Phi) is 6.18. The highest BCUT2D eigenvalue weighted by atomic mass is 35.5. The maximum atomic E-state index is 12.2. The van der Waals surface area contributed by atoms with Crippen molar-refractivity contribution in [2.75, 3.05) is 23.7 Å². The average Bonchev–Trinajstić information content (AvgIpc) is 2.96. The van der Waals surface area contributed by atoms with Crippen molar-refractivity contribution >= 4 is 40.8 Å². The fraction of sp³-hybridized carbons (Fsp3) is 0.500. The van der Waals surface area contributed by atoms with Crippen molar-refractivity contribution in [3.8, 4) is 0 Å². The highest BCUT2D eigenvalue weighted by Crippen LogP contribution is 2.47. The summed E-state index contributed by atoms with van der Waals surface area (Å²) in [7, 11) is 0. The van der Waals surface area contributed by atoms with Gasteiger partial charge in [-0.1, -0.05) is 30.3 Å². The molecule has 4 rings (SSSR count). The number of Topliss-reactive ketones (excluding diaryl/α,β-unsaturated/α-hetero) is 1. The molecule has 166 valence electrons. The number of nitrogens with zero attached hydrogens (tertiary/aromatic N) is 3. The number of aryl methyl sites for hydroxylation is 1. The van der Waals surface area contributed by atoms with Crippen LogP contribution >= 0.6 is 23.4 Å². The molecule has 1 saturated carbocycles. The van der Waals surface area contributed by atoms with E-state index in [9.17, 15) is 9.90 Å². The van der Waals surface area contributed by atoms with Crippen LogP contribution in [0.4, 0.5) is 11.6 Å². The average molecular weight is 462 g/mol. The number of halogens is 1. The van der Waals surface area contributed by atoms with Gasteiger partial charge in [0.2, 0.25) is 0 Å². The van der Waals surface area contributed by atoms with Crippen molar-refractivity contribution in [2.45, 2.75) is 55.5 Å². The Morgan fingerprint density at radius 3 is 2.68 bits per heavy atom. The van der Waals surface area contributed by atoms with Gasteiger partial charge in [0, 0.05) is 53.0 Å². The third kappa shape index (κ3) is 4.02. The summed E-state index contributed by atoms with van der Waals surface area (Å²) in [5.41, 5.74) is 13.8. The van der Waals surface area contributed by atoms with E-state index in [1.54, 1.807) is 6.20 Å². The van der Waals surface area contributed by atoms with Crippen LogP contribution in [-0.2, 0) is 11.4 Å². The van der Waals surface area contributed by atoms with Gasteiger partial charge in [-0.2, -0.15) is 0 Å². The number of ketones is 1. The zero-order valence-corrected chi connectivity index (χ0v) is 19.3.